The Morgan fingerprint density at radius 2 is 1.71 bits per heavy atom. The van der Waals surface area contributed by atoms with E-state index in [1.54, 1.807) is 4.90 Å². The van der Waals surface area contributed by atoms with Crippen molar-refractivity contribution in [3.05, 3.63) is 28.0 Å². The molecule has 0 atom stereocenters. The van der Waals surface area contributed by atoms with Crippen LogP contribution in [0, 0.1) is 5.92 Å². The minimum Gasteiger partial charge on any atom is -0.339 e. The summed E-state index contributed by atoms with van der Waals surface area (Å²) in [6.45, 7) is 2.26. The third-order valence-electron chi connectivity index (χ3n) is 3.85. The van der Waals surface area contributed by atoms with Gasteiger partial charge in [0.1, 0.15) is 5.15 Å². The Morgan fingerprint density at radius 1 is 1.10 bits per heavy atom. The molecule has 7 heteroatoms. The van der Waals surface area contributed by atoms with E-state index in [0.717, 1.165) is 12.8 Å². The van der Waals surface area contributed by atoms with E-state index in [1.165, 1.54) is 12.3 Å². The number of carbonyl (C=O) groups excluding carboxylic acids is 2. The number of amides is 2. The lowest BCUT2D eigenvalue weighted by atomic mass is 10.2. The summed E-state index contributed by atoms with van der Waals surface area (Å²) in [4.78, 5) is 31.8. The molecule has 0 unspecified atom stereocenters. The number of hydrogen-bond donors (Lipinski definition) is 0. The molecule has 1 saturated carbocycles. The van der Waals surface area contributed by atoms with Gasteiger partial charge >= 0.3 is 0 Å². The van der Waals surface area contributed by atoms with E-state index in [1.807, 2.05) is 4.90 Å². The van der Waals surface area contributed by atoms with Gasteiger partial charge in [-0.3, -0.25) is 9.59 Å². The van der Waals surface area contributed by atoms with E-state index >= 15 is 0 Å². The van der Waals surface area contributed by atoms with Gasteiger partial charge in [-0.15, -0.1) is 0 Å². The fraction of sp³-hybridized carbons (Fsp3) is 0.500. The molecule has 21 heavy (non-hydrogen) atoms. The van der Waals surface area contributed by atoms with Gasteiger partial charge in [0.25, 0.3) is 5.91 Å². The van der Waals surface area contributed by atoms with Crippen LogP contribution >= 0.6 is 23.2 Å². The van der Waals surface area contributed by atoms with Gasteiger partial charge in [0, 0.05) is 38.3 Å². The molecule has 112 valence electrons. The van der Waals surface area contributed by atoms with E-state index in [2.05, 4.69) is 4.98 Å². The third-order valence-corrected chi connectivity index (χ3v) is 4.53. The van der Waals surface area contributed by atoms with Crippen LogP contribution in [-0.2, 0) is 4.79 Å². The highest BCUT2D eigenvalue weighted by Gasteiger charge is 2.35. The van der Waals surface area contributed by atoms with Crippen LogP contribution in [-0.4, -0.2) is 52.8 Å². The molecule has 1 aliphatic carbocycles. The van der Waals surface area contributed by atoms with E-state index in [-0.39, 0.29) is 27.9 Å². The number of pyridine rings is 1. The average molecular weight is 328 g/mol. The molecule has 1 saturated heterocycles. The van der Waals surface area contributed by atoms with Gasteiger partial charge in [-0.2, -0.15) is 0 Å². The molecule has 1 aliphatic heterocycles. The molecule has 2 heterocycles. The number of rotatable bonds is 2. The topological polar surface area (TPSA) is 53.5 Å². The first-order valence-electron chi connectivity index (χ1n) is 6.95. The molecule has 2 amide bonds. The monoisotopic (exact) mass is 327 g/mol. The van der Waals surface area contributed by atoms with Gasteiger partial charge in [0.15, 0.2) is 0 Å². The SMILES string of the molecule is O=C(c1cnc(Cl)c(Cl)c1)N1CCN(C(=O)C2CC2)CC1. The number of halogens is 2. The van der Waals surface area contributed by atoms with E-state index < -0.39 is 0 Å². The highest BCUT2D eigenvalue weighted by atomic mass is 35.5. The average Bonchev–Trinajstić information content (AvgIpc) is 3.33. The summed E-state index contributed by atoms with van der Waals surface area (Å²) < 4.78 is 0. The van der Waals surface area contributed by atoms with Crippen molar-refractivity contribution < 1.29 is 9.59 Å². The van der Waals surface area contributed by atoms with Crippen LogP contribution in [0.2, 0.25) is 10.2 Å². The Balaban J connectivity index is 1.61. The molecular formula is C14H15Cl2N3O2. The molecule has 2 aliphatic rings. The van der Waals surface area contributed by atoms with Gasteiger partial charge in [-0.05, 0) is 18.9 Å². The normalized spacial score (nSPS) is 18.8. The lowest BCUT2D eigenvalue weighted by Crippen LogP contribution is -2.51. The zero-order valence-electron chi connectivity index (χ0n) is 11.4. The van der Waals surface area contributed by atoms with Crippen molar-refractivity contribution in [3.8, 4) is 0 Å². The van der Waals surface area contributed by atoms with Crippen molar-refractivity contribution in [1.29, 1.82) is 0 Å². The second-order valence-electron chi connectivity index (χ2n) is 5.39. The van der Waals surface area contributed by atoms with Gasteiger partial charge in [-0.25, -0.2) is 4.98 Å². The summed E-state index contributed by atoms with van der Waals surface area (Å²) >= 11 is 11.6. The number of carbonyl (C=O) groups is 2. The molecule has 0 bridgehead atoms. The van der Waals surface area contributed by atoms with Gasteiger partial charge < -0.3 is 9.80 Å². The van der Waals surface area contributed by atoms with Crippen molar-refractivity contribution in [2.45, 2.75) is 12.8 Å². The molecule has 2 fully saturated rings. The first-order valence-corrected chi connectivity index (χ1v) is 7.71. The fourth-order valence-corrected chi connectivity index (χ4v) is 2.71. The maximum absolute atomic E-state index is 12.4. The molecule has 0 radical (unpaired) electrons. The van der Waals surface area contributed by atoms with Crippen LogP contribution in [0.15, 0.2) is 12.3 Å². The Labute approximate surface area is 132 Å². The predicted octanol–water partition coefficient (Wildman–Crippen LogP) is 2.08. The first kappa shape index (κ1) is 14.6. The van der Waals surface area contributed by atoms with Gasteiger partial charge in [0.2, 0.25) is 5.91 Å². The second kappa shape index (κ2) is 5.81. The van der Waals surface area contributed by atoms with Crippen molar-refractivity contribution in [2.24, 2.45) is 5.92 Å². The maximum Gasteiger partial charge on any atom is 0.255 e. The Bertz CT molecular complexity index is 582. The van der Waals surface area contributed by atoms with Crippen molar-refractivity contribution in [2.75, 3.05) is 26.2 Å². The lowest BCUT2D eigenvalue weighted by Gasteiger charge is -2.35. The Hall–Kier alpha value is -1.33. The smallest absolute Gasteiger partial charge is 0.255 e. The summed E-state index contributed by atoms with van der Waals surface area (Å²) in [7, 11) is 0. The standard InChI is InChI=1S/C14H15Cl2N3O2/c15-11-7-10(8-17-12(11)16)14(21)19-5-3-18(4-6-19)13(20)9-1-2-9/h7-9H,1-6H2. The quantitative estimate of drug-likeness (QED) is 0.781. The molecule has 0 N–H and O–H groups in total. The van der Waals surface area contributed by atoms with Crippen LogP contribution < -0.4 is 0 Å². The number of piperazine rings is 1. The Kier molecular flexibility index (Phi) is 4.04. The minimum absolute atomic E-state index is 0.125. The zero-order valence-corrected chi connectivity index (χ0v) is 12.9. The molecular weight excluding hydrogens is 313 g/mol. The molecule has 3 rings (SSSR count). The second-order valence-corrected chi connectivity index (χ2v) is 6.15. The van der Waals surface area contributed by atoms with Crippen molar-refractivity contribution in [1.82, 2.24) is 14.8 Å². The molecule has 0 aromatic carbocycles. The van der Waals surface area contributed by atoms with E-state index in [0.29, 0.717) is 31.7 Å². The van der Waals surface area contributed by atoms with Crippen LogP contribution in [0.1, 0.15) is 23.2 Å². The zero-order chi connectivity index (χ0) is 15.0. The largest absolute Gasteiger partial charge is 0.339 e. The van der Waals surface area contributed by atoms with Crippen LogP contribution in [0.5, 0.6) is 0 Å². The molecule has 5 nitrogen and oxygen atoms in total. The summed E-state index contributed by atoms with van der Waals surface area (Å²) in [5.74, 6) is 0.337. The highest BCUT2D eigenvalue weighted by molar-refractivity contribution is 6.41. The minimum atomic E-state index is -0.125. The summed E-state index contributed by atoms with van der Waals surface area (Å²) in [5.41, 5.74) is 0.423. The fourth-order valence-electron chi connectivity index (χ4n) is 2.44. The van der Waals surface area contributed by atoms with E-state index in [4.69, 9.17) is 23.2 Å². The molecule has 1 aromatic heterocycles. The molecule has 1 aromatic rings. The maximum atomic E-state index is 12.4. The summed E-state index contributed by atoms with van der Waals surface area (Å²) in [6, 6.07) is 1.53. The van der Waals surface area contributed by atoms with Crippen molar-refractivity contribution in [3.63, 3.8) is 0 Å². The Morgan fingerprint density at radius 3 is 2.29 bits per heavy atom. The summed E-state index contributed by atoms with van der Waals surface area (Å²) in [6.07, 6.45) is 3.44. The lowest BCUT2D eigenvalue weighted by molar-refractivity contribution is -0.134. The first-order chi connectivity index (χ1) is 10.1. The van der Waals surface area contributed by atoms with Crippen LogP contribution in [0.3, 0.4) is 0 Å². The van der Waals surface area contributed by atoms with Gasteiger partial charge in [-0.1, -0.05) is 23.2 Å². The number of hydrogen-bond acceptors (Lipinski definition) is 3. The van der Waals surface area contributed by atoms with Crippen LogP contribution in [0.25, 0.3) is 0 Å². The number of nitrogens with zero attached hydrogens (tertiary/aromatic N) is 3. The predicted molar refractivity (Wildman–Crippen MR) is 79.5 cm³/mol. The molecule has 0 spiro atoms. The number of aromatic nitrogens is 1. The van der Waals surface area contributed by atoms with Crippen molar-refractivity contribution >= 4 is 35.0 Å². The van der Waals surface area contributed by atoms with E-state index in [9.17, 15) is 9.59 Å². The summed E-state index contributed by atoms with van der Waals surface area (Å²) in [5, 5.41) is 0.457. The highest BCUT2D eigenvalue weighted by Crippen LogP contribution is 2.31. The third kappa shape index (κ3) is 3.14. The van der Waals surface area contributed by atoms with Crippen LogP contribution in [0.4, 0.5) is 0 Å². The van der Waals surface area contributed by atoms with Gasteiger partial charge in [0.05, 0.1) is 10.6 Å².